The van der Waals surface area contributed by atoms with Crippen LogP contribution in [0.4, 0.5) is 4.39 Å². The minimum absolute atomic E-state index is 0.0771. The van der Waals surface area contributed by atoms with Gasteiger partial charge in [-0.15, -0.1) is 21.5 Å². The number of thiazole rings is 1. The van der Waals surface area contributed by atoms with Crippen LogP contribution in [0.2, 0.25) is 0 Å². The molecule has 0 aliphatic carbocycles. The smallest absolute Gasteiger partial charge is 0.173 e. The summed E-state index contributed by atoms with van der Waals surface area (Å²) in [6.07, 6.45) is 0. The van der Waals surface area contributed by atoms with Crippen molar-refractivity contribution in [3.8, 4) is 21.1 Å². The van der Waals surface area contributed by atoms with Gasteiger partial charge in [0.05, 0.1) is 16.3 Å². The first-order chi connectivity index (χ1) is 14.1. The number of benzene rings is 2. The van der Waals surface area contributed by atoms with Crippen molar-refractivity contribution in [1.82, 2.24) is 15.2 Å². The molecule has 0 aliphatic rings. The number of Topliss-reactive ketones (excluding diaryl/α,β-unsaturated/α-hetero) is 1. The Bertz CT molecular complexity index is 1130. The number of rotatable bonds is 6. The van der Waals surface area contributed by atoms with Gasteiger partial charge in [0.2, 0.25) is 0 Å². The number of hydrogen-bond acceptors (Lipinski definition) is 6. The van der Waals surface area contributed by atoms with Crippen LogP contribution >= 0.6 is 23.1 Å². The van der Waals surface area contributed by atoms with E-state index in [1.807, 2.05) is 49.4 Å². The lowest BCUT2D eigenvalue weighted by Gasteiger charge is -2.02. The molecular weight excluding hydrogens is 405 g/mol. The summed E-state index contributed by atoms with van der Waals surface area (Å²) in [7, 11) is 0. The molecule has 29 heavy (non-hydrogen) atoms. The summed E-state index contributed by atoms with van der Waals surface area (Å²) in [4.78, 5) is 17.8. The first-order valence-electron chi connectivity index (χ1n) is 8.88. The minimum atomic E-state index is -0.357. The van der Waals surface area contributed by atoms with Gasteiger partial charge >= 0.3 is 0 Å². The Morgan fingerprint density at radius 2 is 1.76 bits per heavy atom. The Balaban J connectivity index is 1.45. The topological polar surface area (TPSA) is 55.7 Å². The van der Waals surface area contributed by atoms with E-state index >= 15 is 0 Å². The molecule has 0 bridgehead atoms. The molecule has 0 radical (unpaired) electrons. The fourth-order valence-corrected chi connectivity index (χ4v) is 4.46. The second kappa shape index (κ2) is 8.63. The zero-order valence-electron chi connectivity index (χ0n) is 15.5. The van der Waals surface area contributed by atoms with E-state index in [0.717, 1.165) is 26.8 Å². The van der Waals surface area contributed by atoms with E-state index in [0.29, 0.717) is 10.6 Å². The maximum Gasteiger partial charge on any atom is 0.173 e. The Morgan fingerprint density at radius 1 is 1.00 bits per heavy atom. The van der Waals surface area contributed by atoms with Crippen molar-refractivity contribution >= 4 is 28.9 Å². The van der Waals surface area contributed by atoms with Crippen LogP contribution < -0.4 is 0 Å². The van der Waals surface area contributed by atoms with E-state index in [4.69, 9.17) is 0 Å². The van der Waals surface area contributed by atoms with E-state index in [-0.39, 0.29) is 17.4 Å². The predicted octanol–water partition coefficient (Wildman–Crippen LogP) is 5.69. The highest BCUT2D eigenvalue weighted by Gasteiger charge is 2.13. The first-order valence-corrected chi connectivity index (χ1v) is 10.7. The Hall–Kier alpha value is -2.90. The molecule has 2 aromatic heterocycles. The lowest BCUT2D eigenvalue weighted by Crippen LogP contribution is -2.02. The van der Waals surface area contributed by atoms with Gasteiger partial charge in [0.15, 0.2) is 5.78 Å². The molecule has 4 aromatic rings. The van der Waals surface area contributed by atoms with E-state index < -0.39 is 0 Å². The van der Waals surface area contributed by atoms with Crippen molar-refractivity contribution in [3.63, 3.8) is 0 Å². The van der Waals surface area contributed by atoms with Crippen molar-refractivity contribution in [2.75, 3.05) is 5.75 Å². The lowest BCUT2D eigenvalue weighted by molar-refractivity contribution is 0.102. The van der Waals surface area contributed by atoms with Crippen LogP contribution in [-0.4, -0.2) is 26.7 Å². The lowest BCUT2D eigenvalue weighted by atomic mass is 10.1. The van der Waals surface area contributed by atoms with Gasteiger partial charge in [-0.05, 0) is 43.3 Å². The normalized spacial score (nSPS) is 10.8. The number of ketones is 1. The molecule has 7 heteroatoms. The molecule has 4 rings (SSSR count). The average Bonchev–Trinajstić information content (AvgIpc) is 3.15. The fourth-order valence-electron chi connectivity index (χ4n) is 2.71. The SMILES string of the molecule is Cc1nc(-c2ccccc2)sc1-c1ccc(SCC(=O)c2ccc(F)cc2)nn1. The predicted molar refractivity (Wildman–Crippen MR) is 115 cm³/mol. The molecule has 0 spiro atoms. The third-order valence-corrected chi connectivity index (χ3v) is 6.36. The number of hydrogen-bond donors (Lipinski definition) is 0. The molecular formula is C22H16FN3OS2. The standard InChI is InChI=1S/C22H16FN3OS2/c1-14-21(29-22(24-14)16-5-3-2-4-6-16)18-11-12-20(26-25-18)28-13-19(27)15-7-9-17(23)10-8-15/h2-12H,13H2,1H3. The zero-order chi connectivity index (χ0) is 20.2. The van der Waals surface area contributed by atoms with Gasteiger partial charge in [-0.2, -0.15) is 0 Å². The quantitative estimate of drug-likeness (QED) is 0.296. The number of aryl methyl sites for hydroxylation is 1. The van der Waals surface area contributed by atoms with Gasteiger partial charge in [-0.1, -0.05) is 42.1 Å². The Kier molecular flexibility index (Phi) is 5.78. The van der Waals surface area contributed by atoms with Gasteiger partial charge in [-0.3, -0.25) is 4.79 Å². The fraction of sp³-hybridized carbons (Fsp3) is 0.0909. The van der Waals surface area contributed by atoms with Crippen LogP contribution in [-0.2, 0) is 0 Å². The number of carbonyl (C=O) groups excluding carboxylic acids is 1. The maximum atomic E-state index is 13.0. The molecule has 2 heterocycles. The van der Waals surface area contributed by atoms with Gasteiger partial charge in [0, 0.05) is 11.1 Å². The monoisotopic (exact) mass is 421 g/mol. The average molecular weight is 422 g/mol. The van der Waals surface area contributed by atoms with Crippen LogP contribution in [0.15, 0.2) is 71.8 Å². The highest BCUT2D eigenvalue weighted by atomic mass is 32.2. The van der Waals surface area contributed by atoms with E-state index in [1.54, 1.807) is 11.3 Å². The van der Waals surface area contributed by atoms with Gasteiger partial charge in [0.1, 0.15) is 21.5 Å². The zero-order valence-corrected chi connectivity index (χ0v) is 17.1. The molecule has 144 valence electrons. The summed E-state index contributed by atoms with van der Waals surface area (Å²) in [5, 5.41) is 10.2. The number of nitrogens with zero attached hydrogens (tertiary/aromatic N) is 3. The van der Waals surface area contributed by atoms with E-state index in [9.17, 15) is 9.18 Å². The minimum Gasteiger partial charge on any atom is -0.293 e. The maximum absolute atomic E-state index is 13.0. The molecule has 0 atom stereocenters. The molecule has 2 aromatic carbocycles. The van der Waals surface area contributed by atoms with Gasteiger partial charge in [-0.25, -0.2) is 9.37 Å². The van der Waals surface area contributed by atoms with Gasteiger partial charge < -0.3 is 0 Å². The van der Waals surface area contributed by atoms with Crippen molar-refractivity contribution in [1.29, 1.82) is 0 Å². The second-order valence-corrected chi connectivity index (χ2v) is 8.27. The third kappa shape index (κ3) is 4.58. The number of carbonyl (C=O) groups is 1. The van der Waals surface area contributed by atoms with E-state index in [2.05, 4.69) is 15.2 Å². The summed E-state index contributed by atoms with van der Waals surface area (Å²) in [5.74, 6) is -0.215. The summed E-state index contributed by atoms with van der Waals surface area (Å²) < 4.78 is 13.0. The summed E-state index contributed by atoms with van der Waals surface area (Å²) >= 11 is 2.89. The second-order valence-electron chi connectivity index (χ2n) is 6.28. The molecule has 0 N–H and O–H groups in total. The molecule has 0 aliphatic heterocycles. The largest absolute Gasteiger partial charge is 0.293 e. The van der Waals surface area contributed by atoms with Crippen molar-refractivity contribution in [2.24, 2.45) is 0 Å². The van der Waals surface area contributed by atoms with Gasteiger partial charge in [0.25, 0.3) is 0 Å². The van der Waals surface area contributed by atoms with Crippen LogP contribution in [0.25, 0.3) is 21.1 Å². The summed E-state index contributed by atoms with van der Waals surface area (Å²) in [5.41, 5.74) is 3.23. The molecule has 0 saturated carbocycles. The summed E-state index contributed by atoms with van der Waals surface area (Å²) in [6, 6.07) is 19.3. The van der Waals surface area contributed by atoms with Crippen molar-refractivity contribution in [3.05, 3.63) is 83.8 Å². The molecule has 0 saturated heterocycles. The van der Waals surface area contributed by atoms with Crippen LogP contribution in [0.5, 0.6) is 0 Å². The third-order valence-electron chi connectivity index (χ3n) is 4.21. The molecule has 0 fully saturated rings. The molecule has 4 nitrogen and oxygen atoms in total. The Morgan fingerprint density at radius 3 is 2.45 bits per heavy atom. The highest BCUT2D eigenvalue weighted by Crippen LogP contribution is 2.34. The van der Waals surface area contributed by atoms with Crippen LogP contribution in [0, 0.1) is 12.7 Å². The molecule has 0 unspecified atom stereocenters. The molecule has 0 amide bonds. The highest BCUT2D eigenvalue weighted by molar-refractivity contribution is 7.99. The summed E-state index contributed by atoms with van der Waals surface area (Å²) in [6.45, 7) is 1.96. The van der Waals surface area contributed by atoms with Crippen LogP contribution in [0.3, 0.4) is 0 Å². The Labute approximate surface area is 175 Å². The van der Waals surface area contributed by atoms with Crippen molar-refractivity contribution < 1.29 is 9.18 Å². The van der Waals surface area contributed by atoms with Crippen molar-refractivity contribution in [2.45, 2.75) is 11.9 Å². The first kappa shape index (κ1) is 19.4. The number of aromatic nitrogens is 3. The number of halogens is 1. The van der Waals surface area contributed by atoms with Crippen LogP contribution in [0.1, 0.15) is 16.1 Å². The number of thioether (sulfide) groups is 1. The van der Waals surface area contributed by atoms with E-state index in [1.165, 1.54) is 36.0 Å².